The van der Waals surface area contributed by atoms with Crippen LogP contribution in [0.4, 0.5) is 5.69 Å². The van der Waals surface area contributed by atoms with E-state index in [0.717, 1.165) is 33.9 Å². The zero-order chi connectivity index (χ0) is 93.2. The van der Waals surface area contributed by atoms with Crippen LogP contribution in [0.5, 0.6) is 40.2 Å². The molecule has 0 aliphatic rings. The van der Waals surface area contributed by atoms with Gasteiger partial charge >= 0.3 is 23.9 Å². The summed E-state index contributed by atoms with van der Waals surface area (Å²) in [4.78, 5) is 121. The molecule has 0 fully saturated rings. The molecule has 0 saturated heterocycles. The first kappa shape index (κ1) is 91.1. The number of aromatic hydroxyl groups is 4. The number of phenolic OH excluding ortho intramolecular Hbond substituents is 4. The van der Waals surface area contributed by atoms with Crippen molar-refractivity contribution >= 4 is 35.6 Å². The molecule has 132 heavy (non-hydrogen) atoms. The van der Waals surface area contributed by atoms with Crippen LogP contribution < -0.4 is 9.47 Å². The number of hydrogen-bond acceptors (Lipinski definition) is 30. The molecule has 4 aromatic heterocycles. The molecule has 0 bridgehead atoms. The number of methoxy groups -OCH3 is 5. The average Bonchev–Trinajstić information content (AvgIpc) is 0.804. The summed E-state index contributed by atoms with van der Waals surface area (Å²) in [6.07, 6.45) is 0.750. The van der Waals surface area contributed by atoms with E-state index < -0.39 is 28.8 Å². The first-order chi connectivity index (χ1) is 64.1. The van der Waals surface area contributed by atoms with Gasteiger partial charge in [-0.2, -0.15) is 0 Å². The van der Waals surface area contributed by atoms with Gasteiger partial charge in [-0.15, -0.1) is 0 Å². The van der Waals surface area contributed by atoms with E-state index in [9.17, 15) is 49.7 Å². The minimum absolute atomic E-state index is 0.00705. The number of hydrogen-bond donors (Lipinski definition) is 5. The van der Waals surface area contributed by atoms with E-state index in [1.54, 1.807) is 147 Å². The number of rotatable bonds is 20. The lowest BCUT2D eigenvalue weighted by Gasteiger charge is -2.11. The molecule has 31 heteroatoms. The van der Waals surface area contributed by atoms with E-state index in [1.165, 1.54) is 52.7 Å². The van der Waals surface area contributed by atoms with Crippen LogP contribution in [0, 0.1) is 22.4 Å². The van der Waals surface area contributed by atoms with Gasteiger partial charge in [0.15, 0.2) is 69.9 Å². The van der Waals surface area contributed by atoms with Gasteiger partial charge in [-0.1, -0.05) is 194 Å². The van der Waals surface area contributed by atoms with E-state index in [-0.39, 0.29) is 51.7 Å². The number of aromatic nitrogens is 12. The van der Waals surface area contributed by atoms with Crippen molar-refractivity contribution in [2.45, 2.75) is 6.92 Å². The normalized spacial score (nSPS) is 10.4. The second-order valence-electron chi connectivity index (χ2n) is 28.0. The van der Waals surface area contributed by atoms with E-state index in [4.69, 9.17) is 38.6 Å². The van der Waals surface area contributed by atoms with E-state index >= 15 is 0 Å². The number of nitrogens with one attached hydrogen (secondary N) is 1. The second kappa shape index (κ2) is 43.3. The van der Waals surface area contributed by atoms with Crippen LogP contribution in [0.25, 0.3) is 137 Å². The number of esters is 4. The highest BCUT2D eigenvalue weighted by molar-refractivity contribution is 5.92. The Hall–Kier alpha value is -18.6. The Morgan fingerprint density at radius 3 is 0.818 bits per heavy atom. The smallest absolute Gasteiger partial charge is 0.337 e. The zero-order valence-electron chi connectivity index (χ0n) is 71.0. The molecule has 0 spiro atoms. The number of non-ortho nitro benzene ring substituents is 1. The largest absolute Gasteiger partial charge is 0.507 e. The number of isocyanates is 1. The zero-order valence-corrected chi connectivity index (χ0v) is 71.0. The summed E-state index contributed by atoms with van der Waals surface area (Å²) in [6.45, 7) is 1.90. The monoisotopic (exact) mass is 1760 g/mol. The summed E-state index contributed by atoms with van der Waals surface area (Å²) in [5.41, 5.74) is 9.64. The summed E-state index contributed by atoms with van der Waals surface area (Å²) in [6, 6.07) is 92.7. The van der Waals surface area contributed by atoms with Crippen LogP contribution in [-0.4, -0.2) is 151 Å². The molecule has 0 atom stereocenters. The van der Waals surface area contributed by atoms with Crippen LogP contribution in [0.2, 0.25) is 0 Å². The molecule has 0 amide bonds. The first-order valence-electron chi connectivity index (χ1n) is 39.9. The Labute approximate surface area is 753 Å². The SMILES string of the molecule is COC(=O)c1ccc(-c2nc(-c3ccccc3)nc(-c3cc(OC)ccc3O)n2)cc1.COC(=O)c1ccc(-c2nc(-c3ccccc3)nc(-c3cc(Oc4ccccc4)ccc3O)n2)cc1.COC(=O)c1ccc(-c2nc(-c3ccccc3)nc(-c3cc([N+](=O)[O-])ccc3O)n2)cc1.COC(=O)c1ccc(-c2nc(-c3ccccc3)nc(-c3ccc(C)cc3O)n2)cc1.N=C=O. The Morgan fingerprint density at radius 2 is 0.538 bits per heavy atom. The van der Waals surface area contributed by atoms with Crippen molar-refractivity contribution in [2.75, 3.05) is 35.5 Å². The Bertz CT molecular complexity index is 7020. The Kier molecular flexibility index (Phi) is 29.9. The molecule has 0 aliphatic heterocycles. The number of carbonyl (C=O) groups excluding carboxylic acids is 5. The minimum Gasteiger partial charge on any atom is -0.507 e. The number of nitro benzene ring substituents is 1. The molecule has 5 N–H and O–H groups in total. The van der Waals surface area contributed by atoms with Crippen molar-refractivity contribution in [1.29, 1.82) is 5.41 Å². The highest BCUT2D eigenvalue weighted by Crippen LogP contribution is 2.39. The average molecular weight is 1760 g/mol. The third kappa shape index (κ3) is 22.9. The summed E-state index contributed by atoms with van der Waals surface area (Å²) in [5.74, 6) is 4.24. The van der Waals surface area contributed by atoms with Gasteiger partial charge in [-0.25, -0.2) is 89.2 Å². The third-order valence-electron chi connectivity index (χ3n) is 19.4. The predicted molar refractivity (Wildman–Crippen MR) is 489 cm³/mol. The molecular weight excluding hydrogens is 1680 g/mol. The van der Waals surface area contributed by atoms with Gasteiger partial charge in [0.2, 0.25) is 6.08 Å². The van der Waals surface area contributed by atoms with Gasteiger partial charge in [-0.3, -0.25) is 10.1 Å². The summed E-state index contributed by atoms with van der Waals surface area (Å²) >= 11 is 0. The fourth-order valence-corrected chi connectivity index (χ4v) is 12.7. The van der Waals surface area contributed by atoms with E-state index in [1.807, 2.05) is 165 Å². The van der Waals surface area contributed by atoms with Gasteiger partial charge in [0.25, 0.3) is 5.69 Å². The third-order valence-corrected chi connectivity index (χ3v) is 19.4. The van der Waals surface area contributed by atoms with Gasteiger partial charge in [0, 0.05) is 56.6 Å². The number of benzene rings is 13. The Balaban J connectivity index is 0.000000148. The lowest BCUT2D eigenvalue weighted by atomic mass is 10.1. The van der Waals surface area contributed by atoms with Crippen LogP contribution in [0.3, 0.4) is 0 Å². The number of nitro groups is 1. The number of ether oxygens (including phenoxy) is 6. The predicted octanol–water partition coefficient (Wildman–Crippen LogP) is 19.4. The lowest BCUT2D eigenvalue weighted by Crippen LogP contribution is -2.02. The molecule has 0 aliphatic carbocycles. The molecule has 0 radical (unpaired) electrons. The van der Waals surface area contributed by atoms with Crippen molar-refractivity contribution in [3.8, 4) is 177 Å². The molecule has 17 rings (SSSR count). The lowest BCUT2D eigenvalue weighted by molar-refractivity contribution is -0.384. The van der Waals surface area contributed by atoms with Crippen molar-refractivity contribution in [1.82, 2.24) is 59.8 Å². The van der Waals surface area contributed by atoms with Crippen LogP contribution in [0.15, 0.2) is 322 Å². The number of para-hydroxylation sites is 1. The van der Waals surface area contributed by atoms with Crippen LogP contribution in [-0.2, 0) is 23.7 Å². The number of nitrogens with zero attached hydrogens (tertiary/aromatic N) is 13. The van der Waals surface area contributed by atoms with Crippen molar-refractivity contribution < 1.29 is 77.7 Å². The maximum Gasteiger partial charge on any atom is 0.337 e. The standard InChI is InChI=1S/C29H21N3O4.C24H19N3O4.C24H19N3O3.C23H16N4O5.CHNO/c1-35-29(34)21-14-12-20(13-15-21)27-30-26(19-8-4-2-5-9-19)31-28(32-27)24-18-23(16-17-25(24)33)36-22-10-6-3-7-11-22;1-30-18-12-13-20(28)19(14-18)23-26-21(15-6-4-3-5-7-15)25-22(27-23)16-8-10-17(11-9-16)24(29)31-2;1-15-8-13-19(20(28)14-15)23-26-21(16-6-4-3-5-7-16)25-22(27-23)17-9-11-18(12-10-17)24(29)30-2;1-32-23(29)16-9-7-15(8-10-16)21-24-20(14-5-3-2-4-6-14)25-22(26-21)18-13-17(27(30)31)11-12-19(18)28;2-1-3/h2-18,33H,1H3;3-14,28H,1-2H3;3-14,28H,1-2H3;2-13,28H,1H3;2H. The molecular formula is C101H76N14O17. The van der Waals surface area contributed by atoms with Crippen molar-refractivity contribution in [2.24, 2.45) is 0 Å². The number of carbonyl (C=O) groups is 4. The Morgan fingerprint density at radius 1 is 0.288 bits per heavy atom. The topological polar surface area (TPSA) is 443 Å². The fraction of sp³-hybridized carbons (Fsp3) is 0.0594. The molecule has 17 aromatic rings. The molecule has 13 aromatic carbocycles. The minimum atomic E-state index is -0.561. The van der Waals surface area contributed by atoms with E-state index in [0.29, 0.717) is 131 Å². The molecule has 31 nitrogen and oxygen atoms in total. The second-order valence-corrected chi connectivity index (χ2v) is 28.0. The van der Waals surface area contributed by atoms with Crippen LogP contribution >= 0.6 is 0 Å². The van der Waals surface area contributed by atoms with Crippen molar-refractivity contribution in [3.05, 3.63) is 359 Å². The van der Waals surface area contributed by atoms with E-state index in [2.05, 4.69) is 59.8 Å². The van der Waals surface area contributed by atoms with Gasteiger partial charge in [-0.05, 0) is 128 Å². The molecule has 4 heterocycles. The maximum absolute atomic E-state index is 11.8. The maximum atomic E-state index is 11.8. The number of aryl methyl sites for hydroxylation is 1. The quantitative estimate of drug-likeness (QED) is 0.0118. The summed E-state index contributed by atoms with van der Waals surface area (Å²) in [7, 11) is 6.86. The number of phenols is 4. The first-order valence-corrected chi connectivity index (χ1v) is 39.9. The molecule has 0 unspecified atom stereocenters. The fourth-order valence-electron chi connectivity index (χ4n) is 12.7. The summed E-state index contributed by atoms with van der Waals surface area (Å²) < 4.78 is 30.2. The highest BCUT2D eigenvalue weighted by atomic mass is 16.6. The van der Waals surface area contributed by atoms with Gasteiger partial charge in [0.05, 0.1) is 85.0 Å². The van der Waals surface area contributed by atoms with Crippen molar-refractivity contribution in [3.63, 3.8) is 0 Å². The molecule has 0 saturated carbocycles. The summed E-state index contributed by atoms with van der Waals surface area (Å²) in [5, 5.41) is 58.5. The van der Waals surface area contributed by atoms with Gasteiger partial charge < -0.3 is 48.8 Å². The van der Waals surface area contributed by atoms with Crippen LogP contribution in [0.1, 0.15) is 47.0 Å². The highest BCUT2D eigenvalue weighted by Gasteiger charge is 2.24. The van der Waals surface area contributed by atoms with Gasteiger partial charge in [0.1, 0.15) is 40.2 Å². The molecule has 652 valence electrons.